The molecule has 1 aliphatic heterocycles. The Kier molecular flexibility index (Phi) is 63.0. The van der Waals surface area contributed by atoms with Gasteiger partial charge in [-0.3, -0.25) is 33.3 Å². The molecule has 588 valence electrons. The standard InChI is InChI=1S/C80H151N2O17P/c1-7-13-19-25-31-34-40-43-49-55-67(94-73(86)58-52-46-37-28-22-16-10-4)63-71(84)81-61-62-93-80-77(82-72(85)64-68(56-50-44-41-35-32-26-20-14-8-2)95-74(87)59-53-47-38-29-23-17-11-5)79(78(70(66-83)97-80)99-100(90,91)92)98-76(89)65-69(57-51-45-42-36-33-27-21-15-9-3)96-75(88)60-54-48-39-30-24-18-12-6/h67-70,77-80,83H,7-66H2,1-6H3,(H,81,84)(H,82,85)(H2,90,91,92)/t67-,68-,69-,70?,77-,78+,79?,80-/m1/s1. The van der Waals surface area contributed by atoms with Gasteiger partial charge in [0.2, 0.25) is 11.8 Å². The lowest BCUT2D eigenvalue weighted by Crippen LogP contribution is -2.66. The summed E-state index contributed by atoms with van der Waals surface area (Å²) in [6, 6.07) is -1.57. The zero-order valence-electron chi connectivity index (χ0n) is 64.5. The summed E-state index contributed by atoms with van der Waals surface area (Å²) in [6.45, 7) is 11.8. The minimum absolute atomic E-state index is 0.0806. The highest BCUT2D eigenvalue weighted by Crippen LogP contribution is 2.42. The number of aliphatic hydroxyl groups excluding tert-OH is 1. The van der Waals surface area contributed by atoms with Gasteiger partial charge in [-0.05, 0) is 57.8 Å². The molecule has 2 unspecified atom stereocenters. The summed E-state index contributed by atoms with van der Waals surface area (Å²) in [6.07, 6.45) is 42.2. The summed E-state index contributed by atoms with van der Waals surface area (Å²) in [4.78, 5) is 104. The Bertz CT molecular complexity index is 2030. The van der Waals surface area contributed by atoms with Crippen LogP contribution in [0, 0.1) is 0 Å². The van der Waals surface area contributed by atoms with Crippen LogP contribution in [0.4, 0.5) is 0 Å². The van der Waals surface area contributed by atoms with Gasteiger partial charge in [-0.15, -0.1) is 0 Å². The molecule has 5 N–H and O–H groups in total. The predicted molar refractivity (Wildman–Crippen MR) is 400 cm³/mol. The van der Waals surface area contributed by atoms with Crippen molar-refractivity contribution in [3.05, 3.63) is 0 Å². The number of phosphoric ester groups is 1. The lowest BCUT2D eigenvalue weighted by atomic mass is 9.96. The van der Waals surface area contributed by atoms with E-state index in [1.807, 2.05) is 0 Å². The maximum atomic E-state index is 14.7. The van der Waals surface area contributed by atoms with Gasteiger partial charge in [0.05, 0.1) is 32.5 Å². The molecule has 0 bridgehead atoms. The fraction of sp³-hybridized carbons (Fsp3) is 0.925. The highest BCUT2D eigenvalue weighted by molar-refractivity contribution is 7.46. The van der Waals surface area contributed by atoms with Crippen LogP contribution in [-0.2, 0) is 66.3 Å². The van der Waals surface area contributed by atoms with E-state index in [0.29, 0.717) is 44.9 Å². The molecule has 0 saturated carbocycles. The van der Waals surface area contributed by atoms with Crippen molar-refractivity contribution in [2.24, 2.45) is 0 Å². The van der Waals surface area contributed by atoms with E-state index in [4.69, 9.17) is 32.9 Å². The third-order valence-electron chi connectivity index (χ3n) is 19.3. The van der Waals surface area contributed by atoms with Crippen LogP contribution in [0.2, 0.25) is 0 Å². The fourth-order valence-corrected chi connectivity index (χ4v) is 13.9. The highest BCUT2D eigenvalue weighted by Gasteiger charge is 2.52. The fourth-order valence-electron chi connectivity index (χ4n) is 13.3. The summed E-state index contributed by atoms with van der Waals surface area (Å²) in [5.74, 6) is -3.20. The number of ether oxygens (including phenoxy) is 6. The summed E-state index contributed by atoms with van der Waals surface area (Å²) in [7, 11) is -5.46. The van der Waals surface area contributed by atoms with Crippen molar-refractivity contribution in [2.45, 2.75) is 456 Å². The molecular formula is C80H151N2O17P. The number of hydrogen-bond acceptors (Lipinski definition) is 15. The molecule has 20 heteroatoms. The van der Waals surface area contributed by atoms with Crippen molar-refractivity contribution in [2.75, 3.05) is 19.8 Å². The molecule has 0 aromatic rings. The number of hydrogen-bond donors (Lipinski definition) is 5. The van der Waals surface area contributed by atoms with E-state index < -0.39 is 99.5 Å². The molecule has 1 saturated heterocycles. The van der Waals surface area contributed by atoms with E-state index in [-0.39, 0.29) is 51.2 Å². The van der Waals surface area contributed by atoms with Crippen molar-refractivity contribution in [1.29, 1.82) is 0 Å². The van der Waals surface area contributed by atoms with Gasteiger partial charge in [-0.2, -0.15) is 0 Å². The molecular weight excluding hydrogens is 1290 g/mol. The molecule has 0 aliphatic carbocycles. The van der Waals surface area contributed by atoms with E-state index in [1.54, 1.807) is 0 Å². The summed E-state index contributed by atoms with van der Waals surface area (Å²) >= 11 is 0. The van der Waals surface area contributed by atoms with Crippen LogP contribution >= 0.6 is 7.82 Å². The van der Waals surface area contributed by atoms with Crippen LogP contribution in [0.5, 0.6) is 0 Å². The van der Waals surface area contributed by atoms with E-state index in [1.165, 1.54) is 103 Å². The molecule has 0 spiro atoms. The van der Waals surface area contributed by atoms with Crippen molar-refractivity contribution in [3.8, 4) is 0 Å². The predicted octanol–water partition coefficient (Wildman–Crippen LogP) is 19.8. The van der Waals surface area contributed by atoms with Crippen molar-refractivity contribution in [3.63, 3.8) is 0 Å². The average Bonchev–Trinajstić information content (AvgIpc) is 0.782. The maximum absolute atomic E-state index is 14.7. The Morgan fingerprint density at radius 1 is 0.390 bits per heavy atom. The monoisotopic (exact) mass is 1440 g/mol. The third-order valence-corrected chi connectivity index (χ3v) is 19.9. The molecule has 8 atom stereocenters. The minimum Gasteiger partial charge on any atom is -0.462 e. The first-order chi connectivity index (χ1) is 48.5. The molecule has 0 aromatic carbocycles. The third kappa shape index (κ3) is 55.3. The Hall–Kier alpha value is -3.19. The molecule has 100 heavy (non-hydrogen) atoms. The van der Waals surface area contributed by atoms with Crippen molar-refractivity contribution in [1.82, 2.24) is 10.6 Å². The van der Waals surface area contributed by atoms with Crippen LogP contribution in [0.25, 0.3) is 0 Å². The van der Waals surface area contributed by atoms with E-state index in [9.17, 15) is 48.2 Å². The molecule has 1 aliphatic rings. The van der Waals surface area contributed by atoms with E-state index >= 15 is 0 Å². The second-order valence-electron chi connectivity index (χ2n) is 29.0. The highest BCUT2D eigenvalue weighted by atomic mass is 31.2. The zero-order chi connectivity index (χ0) is 73.4. The minimum atomic E-state index is -5.46. The second-order valence-corrected chi connectivity index (χ2v) is 30.2. The Labute approximate surface area is 608 Å². The van der Waals surface area contributed by atoms with Gasteiger partial charge in [0.15, 0.2) is 12.4 Å². The second kappa shape index (κ2) is 66.5. The Morgan fingerprint density at radius 3 is 1.01 bits per heavy atom. The molecule has 2 amide bonds. The molecule has 1 heterocycles. The number of aliphatic hydroxyl groups is 1. The van der Waals surface area contributed by atoms with Gasteiger partial charge in [-0.1, -0.05) is 311 Å². The first-order valence-corrected chi connectivity index (χ1v) is 43.0. The average molecular weight is 1440 g/mol. The summed E-state index contributed by atoms with van der Waals surface area (Å²) in [5, 5.41) is 16.6. The smallest absolute Gasteiger partial charge is 0.462 e. The van der Waals surface area contributed by atoms with Crippen LogP contribution in [0.15, 0.2) is 0 Å². The van der Waals surface area contributed by atoms with Crippen molar-refractivity contribution >= 4 is 43.5 Å². The Morgan fingerprint density at radius 2 is 0.690 bits per heavy atom. The maximum Gasteiger partial charge on any atom is 0.470 e. The number of amides is 2. The number of rotatable bonds is 72. The number of nitrogens with one attached hydrogen (secondary N) is 2. The number of carbonyl (C=O) groups is 6. The van der Waals surface area contributed by atoms with Crippen LogP contribution in [0.3, 0.4) is 0 Å². The normalized spacial score (nSPS) is 17.1. The Balaban J connectivity index is 3.70. The molecule has 0 radical (unpaired) electrons. The van der Waals surface area contributed by atoms with Crippen molar-refractivity contribution < 1.29 is 81.2 Å². The largest absolute Gasteiger partial charge is 0.470 e. The first-order valence-electron chi connectivity index (χ1n) is 41.5. The number of carbonyl (C=O) groups excluding carboxylic acids is 6. The topological polar surface area (TPSA) is 269 Å². The van der Waals surface area contributed by atoms with E-state index in [2.05, 4.69) is 52.2 Å². The SMILES string of the molecule is CCCCCCCCCCC[C@H](CC(=O)NCCO[C@@H]1OC(CO)[C@H](OP(=O)(O)O)C(OC(=O)C[C@@H](CCCCCCCCCCC)OC(=O)CCCCCCCCC)[C@H]1NC(=O)C[C@@H](CCCCCCCCCCC)OC(=O)CCCCCCCCC)OC(=O)CCCCCCCCC. The number of esters is 4. The van der Waals surface area contributed by atoms with Crippen LogP contribution in [0.1, 0.15) is 408 Å². The van der Waals surface area contributed by atoms with Gasteiger partial charge >= 0.3 is 31.7 Å². The molecule has 1 rings (SSSR count). The summed E-state index contributed by atoms with van der Waals surface area (Å²) in [5.41, 5.74) is 0. The van der Waals surface area contributed by atoms with Gasteiger partial charge in [0, 0.05) is 25.8 Å². The lowest BCUT2D eigenvalue weighted by Gasteiger charge is -2.45. The van der Waals surface area contributed by atoms with Gasteiger partial charge in [0.1, 0.15) is 36.6 Å². The molecule has 19 nitrogen and oxygen atoms in total. The van der Waals surface area contributed by atoms with Gasteiger partial charge < -0.3 is 53.9 Å². The van der Waals surface area contributed by atoms with Gasteiger partial charge in [0.25, 0.3) is 0 Å². The first kappa shape index (κ1) is 94.8. The molecule has 0 aromatic heterocycles. The van der Waals surface area contributed by atoms with E-state index in [0.717, 1.165) is 180 Å². The lowest BCUT2D eigenvalue weighted by molar-refractivity contribution is -0.270. The van der Waals surface area contributed by atoms with Crippen LogP contribution < -0.4 is 10.6 Å². The van der Waals surface area contributed by atoms with Crippen LogP contribution in [-0.4, -0.2) is 119 Å². The van der Waals surface area contributed by atoms with Gasteiger partial charge in [-0.25, -0.2) is 4.57 Å². The quantitative estimate of drug-likeness (QED) is 0.0164. The number of phosphoric acid groups is 1. The molecule has 1 fully saturated rings. The number of unbranched alkanes of at least 4 members (excludes halogenated alkanes) is 42. The zero-order valence-corrected chi connectivity index (χ0v) is 65.4. The summed E-state index contributed by atoms with van der Waals surface area (Å²) < 4.78 is 55.2.